The van der Waals surface area contributed by atoms with Crippen LogP contribution >= 0.6 is 0 Å². The highest BCUT2D eigenvalue weighted by Gasteiger charge is 2.39. The monoisotopic (exact) mass is 590 g/mol. The van der Waals surface area contributed by atoms with Gasteiger partial charge in [-0.2, -0.15) is 0 Å². The first kappa shape index (κ1) is 34.0. The number of Topliss-reactive ketones (excluding diaryl/α,β-unsaturated/α-hetero) is 1. The zero-order chi connectivity index (χ0) is 30.9. The van der Waals surface area contributed by atoms with Crippen molar-refractivity contribution >= 4 is 29.4 Å². The highest BCUT2D eigenvalue weighted by Crippen LogP contribution is 2.28. The van der Waals surface area contributed by atoms with Gasteiger partial charge in [-0.1, -0.05) is 52.9 Å². The standard InChI is InChI=1S/C31H54N6O5/c1-6-24-30(42)35-25(16-21-10-8-7-9-11-21)29(41)33-15-13-31(4,36-27(39)20(2)3)26(38)17-22(28(40)34-24)12-14-32-23-18-37(5)19-23/h20-25,32H,6-19H2,1-5H3,(H,33,41)(H,34,40)(H,35,42)(H,36,39)/t22-,24+,25-,31-/m1/s1. The molecule has 238 valence electrons. The summed E-state index contributed by atoms with van der Waals surface area (Å²) in [6, 6.07) is -1.20. The van der Waals surface area contributed by atoms with Gasteiger partial charge in [0, 0.05) is 43.9 Å². The molecule has 11 nitrogen and oxygen atoms in total. The van der Waals surface area contributed by atoms with Gasteiger partial charge >= 0.3 is 0 Å². The largest absolute Gasteiger partial charge is 0.354 e. The molecule has 3 fully saturated rings. The number of rotatable bonds is 9. The van der Waals surface area contributed by atoms with E-state index in [-0.39, 0.29) is 54.7 Å². The fourth-order valence-corrected chi connectivity index (χ4v) is 6.21. The summed E-state index contributed by atoms with van der Waals surface area (Å²) in [7, 11) is 2.05. The Hall–Kier alpha value is -2.53. The molecular formula is C31H54N6O5. The maximum Gasteiger partial charge on any atom is 0.243 e. The summed E-state index contributed by atoms with van der Waals surface area (Å²) in [5.41, 5.74) is -1.26. The Morgan fingerprint density at radius 3 is 2.29 bits per heavy atom. The van der Waals surface area contributed by atoms with E-state index >= 15 is 0 Å². The zero-order valence-electron chi connectivity index (χ0n) is 26.4. The van der Waals surface area contributed by atoms with Crippen LogP contribution in [-0.2, 0) is 24.0 Å². The minimum Gasteiger partial charge on any atom is -0.354 e. The number of carbonyl (C=O) groups excluding carboxylic acids is 5. The van der Waals surface area contributed by atoms with Crippen molar-refractivity contribution in [2.24, 2.45) is 17.8 Å². The quantitative estimate of drug-likeness (QED) is 0.271. The fourth-order valence-electron chi connectivity index (χ4n) is 6.21. The number of amides is 4. The van der Waals surface area contributed by atoms with Crippen LogP contribution in [0.5, 0.6) is 0 Å². The van der Waals surface area contributed by atoms with Crippen molar-refractivity contribution in [2.45, 2.75) is 116 Å². The van der Waals surface area contributed by atoms with Gasteiger partial charge in [0.15, 0.2) is 5.78 Å². The molecule has 1 saturated carbocycles. The minimum absolute atomic E-state index is 0.0801. The van der Waals surface area contributed by atoms with E-state index in [2.05, 4.69) is 31.5 Å². The van der Waals surface area contributed by atoms with Crippen molar-refractivity contribution in [3.63, 3.8) is 0 Å². The molecule has 11 heteroatoms. The Morgan fingerprint density at radius 1 is 1.00 bits per heavy atom. The summed E-state index contributed by atoms with van der Waals surface area (Å²) in [5.74, 6) is -2.23. The number of likely N-dealkylation sites (N-methyl/N-ethyl adjacent to an activating group) is 1. The number of carbonyl (C=O) groups is 5. The molecule has 0 spiro atoms. The normalized spacial score (nSPS) is 29.7. The third-order valence-corrected chi connectivity index (χ3v) is 9.22. The summed E-state index contributed by atoms with van der Waals surface area (Å²) in [5, 5.41) is 15.1. The van der Waals surface area contributed by atoms with Gasteiger partial charge in [-0.25, -0.2) is 0 Å². The van der Waals surface area contributed by atoms with Crippen molar-refractivity contribution < 1.29 is 24.0 Å². The molecule has 2 aliphatic heterocycles. The Morgan fingerprint density at radius 2 is 1.67 bits per heavy atom. The van der Waals surface area contributed by atoms with Crippen LogP contribution in [0, 0.1) is 17.8 Å². The molecular weight excluding hydrogens is 536 g/mol. The average molecular weight is 591 g/mol. The van der Waals surface area contributed by atoms with E-state index in [1.807, 2.05) is 14.0 Å². The van der Waals surface area contributed by atoms with E-state index in [1.165, 1.54) is 6.42 Å². The van der Waals surface area contributed by atoms with Crippen LogP contribution in [0.3, 0.4) is 0 Å². The van der Waals surface area contributed by atoms with Gasteiger partial charge < -0.3 is 31.5 Å². The van der Waals surface area contributed by atoms with Gasteiger partial charge in [-0.15, -0.1) is 0 Å². The second-order valence-electron chi connectivity index (χ2n) is 13.3. The van der Waals surface area contributed by atoms with E-state index in [9.17, 15) is 24.0 Å². The number of nitrogens with one attached hydrogen (secondary N) is 5. The maximum atomic E-state index is 13.8. The van der Waals surface area contributed by atoms with Gasteiger partial charge in [0.2, 0.25) is 23.6 Å². The van der Waals surface area contributed by atoms with E-state index in [0.29, 0.717) is 37.8 Å². The first-order valence-electron chi connectivity index (χ1n) is 16.1. The Labute approximate surface area is 251 Å². The molecule has 2 saturated heterocycles. The first-order chi connectivity index (χ1) is 19.9. The van der Waals surface area contributed by atoms with Crippen LogP contribution in [0.15, 0.2) is 0 Å². The fraction of sp³-hybridized carbons (Fsp3) is 0.839. The lowest BCUT2D eigenvalue weighted by Crippen LogP contribution is -2.58. The van der Waals surface area contributed by atoms with Crippen molar-refractivity contribution in [1.82, 2.24) is 31.5 Å². The van der Waals surface area contributed by atoms with Gasteiger partial charge in [0.05, 0.1) is 5.54 Å². The molecule has 4 amide bonds. The van der Waals surface area contributed by atoms with Crippen LogP contribution in [0.1, 0.15) is 91.9 Å². The molecule has 0 bridgehead atoms. The SMILES string of the molecule is CC[C@@H]1NC(=O)[C@H](CCNC2CN(C)C2)CC(=O)[C@](C)(NC(=O)C(C)C)CCNC(=O)[C@@H](CC2CCCCC2)NC1=O. The van der Waals surface area contributed by atoms with Gasteiger partial charge in [-0.3, -0.25) is 24.0 Å². The predicted molar refractivity (Wildman–Crippen MR) is 161 cm³/mol. The third kappa shape index (κ3) is 9.76. The smallest absolute Gasteiger partial charge is 0.243 e. The second-order valence-corrected chi connectivity index (χ2v) is 13.3. The minimum atomic E-state index is -1.26. The first-order valence-corrected chi connectivity index (χ1v) is 16.1. The van der Waals surface area contributed by atoms with E-state index in [1.54, 1.807) is 20.8 Å². The molecule has 3 rings (SSSR count). The van der Waals surface area contributed by atoms with Gasteiger partial charge in [-0.05, 0) is 52.1 Å². The highest BCUT2D eigenvalue weighted by atomic mass is 16.2. The lowest BCUT2D eigenvalue weighted by Gasteiger charge is -2.37. The van der Waals surface area contributed by atoms with Crippen LogP contribution in [0.25, 0.3) is 0 Å². The van der Waals surface area contributed by atoms with Gasteiger partial charge in [0.25, 0.3) is 0 Å². The predicted octanol–water partition coefficient (Wildman–Crippen LogP) is 1.26. The number of likely N-dealkylation sites (tertiary alicyclic amines) is 1. The molecule has 5 N–H and O–H groups in total. The molecule has 4 atom stereocenters. The third-order valence-electron chi connectivity index (χ3n) is 9.22. The summed E-state index contributed by atoms with van der Waals surface area (Å²) in [4.78, 5) is 69.1. The molecule has 1 aliphatic carbocycles. The Bertz CT molecular complexity index is 961. The molecule has 42 heavy (non-hydrogen) atoms. The number of ketones is 1. The average Bonchev–Trinajstić information content (AvgIpc) is 2.93. The second kappa shape index (κ2) is 15.8. The molecule has 3 aliphatic rings. The molecule has 0 aromatic heterocycles. The summed E-state index contributed by atoms with van der Waals surface area (Å²) in [6.45, 7) is 9.59. The topological polar surface area (TPSA) is 149 Å². The van der Waals surface area contributed by atoms with Gasteiger partial charge in [0.1, 0.15) is 12.1 Å². The Kier molecular flexibility index (Phi) is 12.8. The maximum absolute atomic E-state index is 13.8. The van der Waals surface area contributed by atoms with Crippen LogP contribution in [0.2, 0.25) is 0 Å². The van der Waals surface area contributed by atoms with Crippen LogP contribution in [-0.4, -0.2) is 91.2 Å². The molecule has 0 unspecified atom stereocenters. The van der Waals surface area contributed by atoms with Crippen LogP contribution in [0.4, 0.5) is 0 Å². The van der Waals surface area contributed by atoms with Crippen molar-refractivity contribution in [2.75, 3.05) is 33.2 Å². The lowest BCUT2D eigenvalue weighted by molar-refractivity contribution is -0.137. The highest BCUT2D eigenvalue weighted by molar-refractivity contribution is 5.97. The van der Waals surface area contributed by atoms with Crippen molar-refractivity contribution in [3.8, 4) is 0 Å². The zero-order valence-corrected chi connectivity index (χ0v) is 26.4. The van der Waals surface area contributed by atoms with E-state index in [4.69, 9.17) is 0 Å². The summed E-state index contributed by atoms with van der Waals surface area (Å²) in [6.07, 6.45) is 6.87. The molecule has 2 heterocycles. The summed E-state index contributed by atoms with van der Waals surface area (Å²) >= 11 is 0. The number of nitrogens with zero attached hydrogens (tertiary/aromatic N) is 1. The number of hydrogen-bond donors (Lipinski definition) is 5. The molecule has 0 aromatic rings. The van der Waals surface area contributed by atoms with Crippen LogP contribution < -0.4 is 26.6 Å². The number of hydrogen-bond acceptors (Lipinski definition) is 7. The van der Waals surface area contributed by atoms with Crippen molar-refractivity contribution in [1.29, 1.82) is 0 Å². The van der Waals surface area contributed by atoms with Crippen molar-refractivity contribution in [3.05, 3.63) is 0 Å². The van der Waals surface area contributed by atoms with E-state index in [0.717, 1.165) is 38.8 Å². The Balaban J connectivity index is 1.84. The summed E-state index contributed by atoms with van der Waals surface area (Å²) < 4.78 is 0. The molecule has 0 radical (unpaired) electrons. The lowest BCUT2D eigenvalue weighted by atomic mass is 9.83. The molecule has 0 aromatic carbocycles. The van der Waals surface area contributed by atoms with E-state index < -0.39 is 23.5 Å².